The summed E-state index contributed by atoms with van der Waals surface area (Å²) in [6.45, 7) is 1.74. The van der Waals surface area contributed by atoms with Gasteiger partial charge in [-0.3, -0.25) is 9.78 Å². The normalized spacial score (nSPS) is 15.7. The Morgan fingerprint density at radius 3 is 2.95 bits per heavy atom. The number of rotatable bonds is 6. The minimum atomic E-state index is -0.518. The monoisotopic (exact) mass is 305 g/mol. The Morgan fingerprint density at radius 2 is 2.24 bits per heavy atom. The molecule has 0 radical (unpaired) electrons. The van der Waals surface area contributed by atoms with Crippen LogP contribution in [0.15, 0.2) is 33.9 Å². The van der Waals surface area contributed by atoms with Crippen LogP contribution in [0.2, 0.25) is 0 Å². The Bertz CT molecular complexity index is 613. The second-order valence-corrected chi connectivity index (χ2v) is 5.92. The van der Waals surface area contributed by atoms with Crippen molar-refractivity contribution in [1.29, 1.82) is 0 Å². The second-order valence-electron chi connectivity index (χ2n) is 4.87. The van der Waals surface area contributed by atoms with Crippen LogP contribution >= 0.6 is 11.8 Å². The van der Waals surface area contributed by atoms with Gasteiger partial charge in [0, 0.05) is 23.2 Å². The Balaban J connectivity index is 1.49. The summed E-state index contributed by atoms with van der Waals surface area (Å²) in [6.07, 6.45) is 5.07. The summed E-state index contributed by atoms with van der Waals surface area (Å²) in [5, 5.41) is 3.91. The first kappa shape index (κ1) is 14.1. The summed E-state index contributed by atoms with van der Waals surface area (Å²) >= 11 is 1.40. The topological polar surface area (TPSA) is 78.1 Å². The zero-order valence-corrected chi connectivity index (χ0v) is 12.4. The van der Waals surface area contributed by atoms with Crippen molar-refractivity contribution in [2.75, 3.05) is 5.75 Å². The van der Waals surface area contributed by atoms with Crippen molar-refractivity contribution in [3.63, 3.8) is 0 Å². The largest absolute Gasteiger partial charge is 0.452 e. The van der Waals surface area contributed by atoms with E-state index in [9.17, 15) is 4.79 Å². The minimum Gasteiger partial charge on any atom is -0.452 e. The molecule has 0 spiro atoms. The molecule has 0 unspecified atom stereocenters. The lowest BCUT2D eigenvalue weighted by molar-refractivity contribution is -0.146. The van der Waals surface area contributed by atoms with Crippen LogP contribution in [0.5, 0.6) is 0 Å². The van der Waals surface area contributed by atoms with Gasteiger partial charge in [0.1, 0.15) is 0 Å². The van der Waals surface area contributed by atoms with Crippen LogP contribution in [0.25, 0.3) is 0 Å². The molecule has 0 amide bonds. The number of hydrogen-bond acceptors (Lipinski definition) is 7. The summed E-state index contributed by atoms with van der Waals surface area (Å²) in [7, 11) is 0. The van der Waals surface area contributed by atoms with Crippen LogP contribution in [0.3, 0.4) is 0 Å². The van der Waals surface area contributed by atoms with Crippen LogP contribution in [0.4, 0.5) is 0 Å². The second kappa shape index (κ2) is 6.26. The van der Waals surface area contributed by atoms with Crippen molar-refractivity contribution < 1.29 is 14.1 Å². The molecule has 2 aromatic rings. The van der Waals surface area contributed by atoms with Gasteiger partial charge in [-0.2, -0.15) is 4.98 Å². The number of carbonyl (C=O) groups excluding carboxylic acids is 1. The molecule has 1 aliphatic carbocycles. The van der Waals surface area contributed by atoms with Gasteiger partial charge >= 0.3 is 5.97 Å². The SMILES string of the molecule is C[C@@H](OC(=O)CSc1ccncc1)c1nc(C2CC2)no1. The van der Waals surface area contributed by atoms with Gasteiger partial charge in [-0.15, -0.1) is 11.8 Å². The Morgan fingerprint density at radius 1 is 1.48 bits per heavy atom. The standard InChI is InChI=1S/C14H15N3O3S/c1-9(14-16-13(17-20-14)10-2-3-10)19-12(18)8-21-11-4-6-15-7-5-11/h4-7,9-10H,2-3,8H2,1H3/t9-/m1/s1. The molecule has 1 atom stereocenters. The minimum absolute atomic E-state index is 0.234. The highest BCUT2D eigenvalue weighted by molar-refractivity contribution is 8.00. The van der Waals surface area contributed by atoms with E-state index in [-0.39, 0.29) is 11.7 Å². The average Bonchev–Trinajstić information content (AvgIpc) is 3.23. The van der Waals surface area contributed by atoms with E-state index in [4.69, 9.17) is 9.26 Å². The molecule has 2 aromatic heterocycles. The summed E-state index contributed by atoms with van der Waals surface area (Å²) in [4.78, 5) is 21.0. The lowest BCUT2D eigenvalue weighted by Gasteiger charge is -2.08. The zero-order chi connectivity index (χ0) is 14.7. The molecule has 0 aliphatic heterocycles. The Hall–Kier alpha value is -1.89. The molecular weight excluding hydrogens is 290 g/mol. The van der Waals surface area contributed by atoms with E-state index in [1.54, 1.807) is 19.3 Å². The van der Waals surface area contributed by atoms with Crippen LogP contribution in [0.1, 0.15) is 43.5 Å². The van der Waals surface area contributed by atoms with Crippen LogP contribution in [-0.4, -0.2) is 26.8 Å². The zero-order valence-electron chi connectivity index (χ0n) is 11.6. The fraction of sp³-hybridized carbons (Fsp3) is 0.429. The van der Waals surface area contributed by atoms with Gasteiger partial charge < -0.3 is 9.26 Å². The molecule has 110 valence electrons. The van der Waals surface area contributed by atoms with Crippen molar-refractivity contribution in [1.82, 2.24) is 15.1 Å². The van der Waals surface area contributed by atoms with Crippen LogP contribution < -0.4 is 0 Å². The molecule has 1 aliphatic rings. The number of thioether (sulfide) groups is 1. The van der Waals surface area contributed by atoms with Gasteiger partial charge in [-0.25, -0.2) is 0 Å². The van der Waals surface area contributed by atoms with Crippen LogP contribution in [-0.2, 0) is 9.53 Å². The number of esters is 1. The van der Waals surface area contributed by atoms with Gasteiger partial charge in [0.15, 0.2) is 11.9 Å². The molecule has 0 bridgehead atoms. The van der Waals surface area contributed by atoms with Crippen LogP contribution in [0, 0.1) is 0 Å². The Labute approximate surface area is 126 Å². The van der Waals surface area contributed by atoms with Gasteiger partial charge in [-0.1, -0.05) is 5.16 Å². The molecule has 7 heteroatoms. The van der Waals surface area contributed by atoms with Gasteiger partial charge in [0.25, 0.3) is 5.89 Å². The quantitative estimate of drug-likeness (QED) is 0.599. The summed E-state index contributed by atoms with van der Waals surface area (Å²) in [6, 6.07) is 3.70. The van der Waals surface area contributed by atoms with Gasteiger partial charge in [0.05, 0.1) is 5.75 Å². The molecule has 0 N–H and O–H groups in total. The predicted molar refractivity (Wildman–Crippen MR) is 75.7 cm³/mol. The first-order valence-corrected chi connectivity index (χ1v) is 7.77. The van der Waals surface area contributed by atoms with Crippen molar-refractivity contribution in [3.05, 3.63) is 36.2 Å². The summed E-state index contributed by atoms with van der Waals surface area (Å²) < 4.78 is 10.4. The number of carbonyl (C=O) groups is 1. The maximum absolute atomic E-state index is 11.8. The first-order valence-electron chi connectivity index (χ1n) is 6.78. The van der Waals surface area contributed by atoms with Crippen molar-refractivity contribution in [2.24, 2.45) is 0 Å². The van der Waals surface area contributed by atoms with Gasteiger partial charge in [0.2, 0.25) is 0 Å². The van der Waals surface area contributed by atoms with Crippen molar-refractivity contribution >= 4 is 17.7 Å². The number of hydrogen-bond donors (Lipinski definition) is 0. The highest BCUT2D eigenvalue weighted by atomic mass is 32.2. The number of aromatic nitrogens is 3. The number of ether oxygens (including phenoxy) is 1. The maximum atomic E-state index is 11.8. The lowest BCUT2D eigenvalue weighted by Crippen LogP contribution is -2.11. The third-order valence-corrected chi connectivity index (χ3v) is 4.05. The van der Waals surface area contributed by atoms with E-state index in [1.165, 1.54) is 11.8 Å². The van der Waals surface area contributed by atoms with E-state index in [2.05, 4.69) is 15.1 Å². The summed E-state index contributed by atoms with van der Waals surface area (Å²) in [5.74, 6) is 1.43. The third-order valence-electron chi connectivity index (χ3n) is 3.06. The van der Waals surface area contributed by atoms with E-state index >= 15 is 0 Å². The highest BCUT2D eigenvalue weighted by Crippen LogP contribution is 2.38. The lowest BCUT2D eigenvalue weighted by atomic mass is 10.4. The molecule has 1 fully saturated rings. The smallest absolute Gasteiger partial charge is 0.317 e. The van der Waals surface area contributed by atoms with E-state index in [0.717, 1.165) is 23.6 Å². The molecular formula is C14H15N3O3S. The maximum Gasteiger partial charge on any atom is 0.317 e. The fourth-order valence-electron chi connectivity index (χ4n) is 1.78. The van der Waals surface area contributed by atoms with E-state index in [0.29, 0.717) is 11.8 Å². The number of nitrogens with zero attached hydrogens (tertiary/aromatic N) is 3. The summed E-state index contributed by atoms with van der Waals surface area (Å²) in [5.41, 5.74) is 0. The highest BCUT2D eigenvalue weighted by Gasteiger charge is 2.30. The predicted octanol–water partition coefficient (Wildman–Crippen LogP) is 2.74. The van der Waals surface area contributed by atoms with E-state index < -0.39 is 6.10 Å². The molecule has 6 nitrogen and oxygen atoms in total. The molecule has 21 heavy (non-hydrogen) atoms. The fourth-order valence-corrected chi connectivity index (χ4v) is 2.44. The number of pyridine rings is 1. The van der Waals surface area contributed by atoms with Crippen molar-refractivity contribution in [3.8, 4) is 0 Å². The first-order chi connectivity index (χ1) is 10.2. The molecule has 0 aromatic carbocycles. The van der Waals surface area contributed by atoms with Gasteiger partial charge in [-0.05, 0) is 31.9 Å². The molecule has 3 rings (SSSR count). The average molecular weight is 305 g/mol. The molecule has 0 saturated heterocycles. The Kier molecular flexibility index (Phi) is 4.19. The van der Waals surface area contributed by atoms with E-state index in [1.807, 2.05) is 12.1 Å². The third kappa shape index (κ3) is 3.81. The van der Waals surface area contributed by atoms with Crippen molar-refractivity contribution in [2.45, 2.75) is 36.7 Å². The molecule has 1 saturated carbocycles. The molecule has 2 heterocycles.